The number of hydrogen-bond acceptors (Lipinski definition) is 4. The largest absolute Gasteiger partial charge is 0.508 e. The van der Waals surface area contributed by atoms with Gasteiger partial charge in [0.25, 0.3) is 0 Å². The molecule has 5 heteroatoms. The van der Waals surface area contributed by atoms with E-state index in [9.17, 15) is 5.11 Å². The molecule has 0 aliphatic heterocycles. The van der Waals surface area contributed by atoms with E-state index in [1.807, 2.05) is 25.1 Å². The lowest BCUT2D eigenvalue weighted by molar-refractivity contribution is 0.318. The maximum atomic E-state index is 9.49. The van der Waals surface area contributed by atoms with Crippen molar-refractivity contribution in [3.63, 3.8) is 0 Å². The van der Waals surface area contributed by atoms with Crippen molar-refractivity contribution in [1.29, 1.82) is 0 Å². The molecular formula is C16H18N2O3. The molecule has 0 bridgehead atoms. The van der Waals surface area contributed by atoms with E-state index in [4.69, 9.17) is 15.7 Å². The second-order valence-corrected chi connectivity index (χ2v) is 4.78. The van der Waals surface area contributed by atoms with Gasteiger partial charge in [-0.3, -0.25) is 0 Å². The van der Waals surface area contributed by atoms with Gasteiger partial charge in [-0.25, -0.2) is 0 Å². The summed E-state index contributed by atoms with van der Waals surface area (Å²) in [6.45, 7) is 2.41. The van der Waals surface area contributed by atoms with Crippen molar-refractivity contribution in [2.75, 3.05) is 6.61 Å². The normalized spacial score (nSPS) is 11.4. The van der Waals surface area contributed by atoms with Crippen molar-refractivity contribution in [2.45, 2.75) is 13.3 Å². The number of phenolic OH excluding ortho intramolecular Hbond substituents is 1. The van der Waals surface area contributed by atoms with Crippen LogP contribution in [-0.2, 0) is 6.42 Å². The zero-order chi connectivity index (χ0) is 15.2. The average molecular weight is 286 g/mol. The number of hydrogen-bond donors (Lipinski definition) is 3. The van der Waals surface area contributed by atoms with Crippen molar-refractivity contribution in [1.82, 2.24) is 0 Å². The maximum absolute atomic E-state index is 9.49. The van der Waals surface area contributed by atoms with Crippen LogP contribution in [0.25, 0.3) is 0 Å². The molecule has 0 aliphatic rings. The molecule has 0 fully saturated rings. The highest BCUT2D eigenvalue weighted by atomic mass is 16.5. The minimum absolute atomic E-state index is 0.0908. The van der Waals surface area contributed by atoms with E-state index >= 15 is 0 Å². The number of aryl methyl sites for hydroxylation is 1. The first kappa shape index (κ1) is 14.7. The fraction of sp³-hybridized carbons (Fsp3) is 0.188. The number of ether oxygens (including phenoxy) is 1. The maximum Gasteiger partial charge on any atom is 0.170 e. The van der Waals surface area contributed by atoms with Crippen molar-refractivity contribution in [3.8, 4) is 11.5 Å². The summed E-state index contributed by atoms with van der Waals surface area (Å²) in [5.74, 6) is 0.946. The molecule has 0 saturated carbocycles. The molecule has 0 saturated heterocycles. The van der Waals surface area contributed by atoms with E-state index in [1.165, 1.54) is 0 Å². The van der Waals surface area contributed by atoms with Gasteiger partial charge in [-0.2, -0.15) is 0 Å². The Morgan fingerprint density at radius 3 is 2.52 bits per heavy atom. The highest BCUT2D eigenvalue weighted by molar-refractivity contribution is 5.96. The van der Waals surface area contributed by atoms with Gasteiger partial charge < -0.3 is 20.8 Å². The standard InChI is InChI=1S/C16H18N2O3/c1-11-8-14(19)10-15(9-11)21-7-6-12-2-4-13(5-3-12)16(17)18-20/h2-5,8-10,19-20H,6-7H2,1H3,(H2,17,18). The highest BCUT2D eigenvalue weighted by Crippen LogP contribution is 2.21. The third-order valence-corrected chi connectivity index (χ3v) is 3.05. The number of nitrogens with two attached hydrogens (primary N) is 1. The number of phenols is 1. The van der Waals surface area contributed by atoms with Crippen LogP contribution in [0, 0.1) is 6.92 Å². The van der Waals surface area contributed by atoms with E-state index in [-0.39, 0.29) is 11.6 Å². The van der Waals surface area contributed by atoms with Crippen molar-refractivity contribution < 1.29 is 15.1 Å². The topological polar surface area (TPSA) is 88.1 Å². The molecule has 2 aromatic rings. The summed E-state index contributed by atoms with van der Waals surface area (Å²) in [7, 11) is 0. The van der Waals surface area contributed by atoms with E-state index in [1.54, 1.807) is 24.3 Å². The van der Waals surface area contributed by atoms with Gasteiger partial charge in [0.15, 0.2) is 5.84 Å². The predicted octanol–water partition coefficient (Wildman–Crippen LogP) is 2.42. The molecule has 0 spiro atoms. The van der Waals surface area contributed by atoms with Gasteiger partial charge in [-0.1, -0.05) is 29.4 Å². The first-order valence-electron chi connectivity index (χ1n) is 6.59. The summed E-state index contributed by atoms with van der Waals surface area (Å²) >= 11 is 0. The summed E-state index contributed by atoms with van der Waals surface area (Å²) in [5.41, 5.74) is 8.21. The van der Waals surface area contributed by atoms with Gasteiger partial charge >= 0.3 is 0 Å². The van der Waals surface area contributed by atoms with Crippen LogP contribution in [0.15, 0.2) is 47.6 Å². The summed E-state index contributed by atoms with van der Waals surface area (Å²) in [4.78, 5) is 0. The number of benzene rings is 2. The molecule has 2 rings (SSSR count). The number of nitrogens with zero attached hydrogens (tertiary/aromatic N) is 1. The number of oxime groups is 1. The van der Waals surface area contributed by atoms with Crippen LogP contribution in [0.5, 0.6) is 11.5 Å². The van der Waals surface area contributed by atoms with Gasteiger partial charge in [0.1, 0.15) is 11.5 Å². The zero-order valence-corrected chi connectivity index (χ0v) is 11.8. The molecule has 5 nitrogen and oxygen atoms in total. The monoisotopic (exact) mass is 286 g/mol. The molecule has 0 aliphatic carbocycles. The minimum Gasteiger partial charge on any atom is -0.508 e. The van der Waals surface area contributed by atoms with E-state index < -0.39 is 0 Å². The van der Waals surface area contributed by atoms with Gasteiger partial charge in [0.05, 0.1) is 6.61 Å². The quantitative estimate of drug-likeness (QED) is 0.341. The average Bonchev–Trinajstić information content (AvgIpc) is 2.46. The summed E-state index contributed by atoms with van der Waals surface area (Å²) in [6, 6.07) is 12.6. The molecule has 4 N–H and O–H groups in total. The zero-order valence-electron chi connectivity index (χ0n) is 11.8. The Kier molecular flexibility index (Phi) is 4.66. The second-order valence-electron chi connectivity index (χ2n) is 4.78. The number of rotatable bonds is 5. The van der Waals surface area contributed by atoms with Crippen LogP contribution in [0.1, 0.15) is 16.7 Å². The van der Waals surface area contributed by atoms with Crippen LogP contribution in [0.3, 0.4) is 0 Å². The first-order valence-corrected chi connectivity index (χ1v) is 6.59. The summed E-state index contributed by atoms with van der Waals surface area (Å²) < 4.78 is 5.62. The Hall–Kier alpha value is -2.69. The predicted molar refractivity (Wildman–Crippen MR) is 81.0 cm³/mol. The van der Waals surface area contributed by atoms with Gasteiger partial charge in [-0.05, 0) is 30.2 Å². The van der Waals surface area contributed by atoms with E-state index in [0.717, 1.165) is 17.5 Å². The van der Waals surface area contributed by atoms with Crippen LogP contribution in [0.2, 0.25) is 0 Å². The smallest absolute Gasteiger partial charge is 0.170 e. The fourth-order valence-electron chi connectivity index (χ4n) is 2.00. The van der Waals surface area contributed by atoms with Gasteiger partial charge in [0.2, 0.25) is 0 Å². The molecule has 0 heterocycles. The van der Waals surface area contributed by atoms with Crippen LogP contribution in [-0.4, -0.2) is 22.8 Å². The molecule has 0 unspecified atom stereocenters. The lowest BCUT2D eigenvalue weighted by atomic mass is 10.1. The fourth-order valence-corrected chi connectivity index (χ4v) is 2.00. The lowest BCUT2D eigenvalue weighted by Crippen LogP contribution is -2.12. The van der Waals surface area contributed by atoms with Gasteiger partial charge in [0, 0.05) is 18.1 Å². The highest BCUT2D eigenvalue weighted by Gasteiger charge is 2.01. The van der Waals surface area contributed by atoms with Crippen molar-refractivity contribution in [2.24, 2.45) is 10.9 Å². The number of aromatic hydroxyl groups is 1. The Labute approximate surface area is 123 Å². The summed E-state index contributed by atoms with van der Waals surface area (Å²) in [6.07, 6.45) is 0.727. The lowest BCUT2D eigenvalue weighted by Gasteiger charge is -2.08. The molecule has 0 radical (unpaired) electrons. The Morgan fingerprint density at radius 2 is 1.90 bits per heavy atom. The molecule has 2 aromatic carbocycles. The Morgan fingerprint density at radius 1 is 1.19 bits per heavy atom. The molecule has 110 valence electrons. The second kappa shape index (κ2) is 6.65. The van der Waals surface area contributed by atoms with Crippen molar-refractivity contribution in [3.05, 3.63) is 59.2 Å². The third-order valence-electron chi connectivity index (χ3n) is 3.05. The molecular weight excluding hydrogens is 268 g/mol. The first-order chi connectivity index (χ1) is 10.1. The molecule has 0 atom stereocenters. The molecule has 0 aromatic heterocycles. The Bertz CT molecular complexity index is 616. The van der Waals surface area contributed by atoms with E-state index in [0.29, 0.717) is 17.9 Å². The SMILES string of the molecule is Cc1cc(O)cc(OCCc2ccc(C(N)=NO)cc2)c1. The third kappa shape index (κ3) is 4.14. The summed E-state index contributed by atoms with van der Waals surface area (Å²) in [5, 5.41) is 21.0. The van der Waals surface area contributed by atoms with E-state index in [2.05, 4.69) is 5.16 Å². The van der Waals surface area contributed by atoms with Crippen LogP contribution >= 0.6 is 0 Å². The Balaban J connectivity index is 1.91. The number of amidine groups is 1. The molecule has 21 heavy (non-hydrogen) atoms. The molecule has 0 amide bonds. The van der Waals surface area contributed by atoms with Crippen LogP contribution in [0.4, 0.5) is 0 Å². The van der Waals surface area contributed by atoms with Gasteiger partial charge in [-0.15, -0.1) is 0 Å². The van der Waals surface area contributed by atoms with Crippen molar-refractivity contribution >= 4 is 5.84 Å². The minimum atomic E-state index is 0.0908. The van der Waals surface area contributed by atoms with Crippen LogP contribution < -0.4 is 10.5 Å².